The van der Waals surface area contributed by atoms with Gasteiger partial charge in [-0.1, -0.05) is 37.2 Å². The summed E-state index contributed by atoms with van der Waals surface area (Å²) in [7, 11) is 0. The summed E-state index contributed by atoms with van der Waals surface area (Å²) in [4.78, 5) is 7.00. The van der Waals surface area contributed by atoms with Crippen molar-refractivity contribution in [2.24, 2.45) is 0 Å². The molecular formula is C26H31ClN4. The Hall–Kier alpha value is -2.72. The Morgan fingerprint density at radius 3 is 2.77 bits per heavy atom. The molecule has 2 aliphatic rings. The number of piperidine rings is 1. The summed E-state index contributed by atoms with van der Waals surface area (Å²) in [6, 6.07) is 8.58. The lowest BCUT2D eigenvalue weighted by Crippen LogP contribution is -2.31. The minimum Gasteiger partial charge on any atom is -0.375 e. The third-order valence-corrected chi connectivity index (χ3v) is 6.40. The molecular weight excluding hydrogens is 404 g/mol. The largest absolute Gasteiger partial charge is 0.375 e. The van der Waals surface area contributed by atoms with Gasteiger partial charge in [0, 0.05) is 41.9 Å². The zero-order chi connectivity index (χ0) is 22.0. The molecule has 2 aliphatic heterocycles. The number of hydrogen-bond acceptors (Lipinski definition) is 4. The second-order valence-corrected chi connectivity index (χ2v) is 8.84. The van der Waals surface area contributed by atoms with Crippen molar-refractivity contribution in [3.8, 4) is 0 Å². The van der Waals surface area contributed by atoms with E-state index in [1.807, 2.05) is 18.3 Å². The highest BCUT2D eigenvalue weighted by molar-refractivity contribution is 6.29. The van der Waals surface area contributed by atoms with Crippen molar-refractivity contribution >= 4 is 34.9 Å². The molecule has 0 radical (unpaired) electrons. The van der Waals surface area contributed by atoms with Gasteiger partial charge in [0.2, 0.25) is 0 Å². The lowest BCUT2D eigenvalue weighted by molar-refractivity contribution is 0.264. The van der Waals surface area contributed by atoms with Crippen molar-refractivity contribution in [3.63, 3.8) is 0 Å². The van der Waals surface area contributed by atoms with Crippen molar-refractivity contribution in [1.29, 1.82) is 0 Å². The van der Waals surface area contributed by atoms with Crippen molar-refractivity contribution in [3.05, 3.63) is 76.2 Å². The molecule has 0 spiro atoms. The van der Waals surface area contributed by atoms with Gasteiger partial charge in [0.05, 0.1) is 0 Å². The van der Waals surface area contributed by atoms with Crippen molar-refractivity contribution < 1.29 is 0 Å². The predicted octanol–water partition coefficient (Wildman–Crippen LogP) is 6.82. The fourth-order valence-corrected chi connectivity index (χ4v) is 4.82. The van der Waals surface area contributed by atoms with E-state index in [9.17, 15) is 0 Å². The standard InChI is InChI=1S/C26H31ClN4/c1-5-6-23-25-20(9-12-28-23)16-24(27)30-26(25)29-21-7-8-22(18(4)15-21)19-10-13-31(14-11-19)17(2)3/h6-9,12,15-16,19,28H,2,5,10-11,13-14H2,1,3-4H3,(H,29,30). The van der Waals surface area contributed by atoms with Crippen molar-refractivity contribution in [2.45, 2.75) is 46.0 Å². The number of aryl methyl sites for hydroxylation is 1. The van der Waals surface area contributed by atoms with Gasteiger partial charge in [-0.3, -0.25) is 0 Å². The van der Waals surface area contributed by atoms with Gasteiger partial charge < -0.3 is 15.5 Å². The van der Waals surface area contributed by atoms with E-state index >= 15 is 0 Å². The number of hydrogen-bond donors (Lipinski definition) is 2. The van der Waals surface area contributed by atoms with Gasteiger partial charge in [-0.2, -0.15) is 0 Å². The third-order valence-electron chi connectivity index (χ3n) is 6.21. The fourth-order valence-electron chi connectivity index (χ4n) is 4.62. The first-order chi connectivity index (χ1) is 15.0. The minimum atomic E-state index is 0.487. The fraction of sp³-hybridized carbons (Fsp3) is 0.346. The highest BCUT2D eigenvalue weighted by Crippen LogP contribution is 2.35. The second-order valence-electron chi connectivity index (χ2n) is 8.45. The molecule has 0 atom stereocenters. The van der Waals surface area contributed by atoms with Crippen LogP contribution in [0.5, 0.6) is 0 Å². The van der Waals surface area contributed by atoms with E-state index in [2.05, 4.69) is 72.1 Å². The molecule has 1 saturated heterocycles. The van der Waals surface area contributed by atoms with Crippen LogP contribution < -0.4 is 10.6 Å². The van der Waals surface area contributed by atoms with E-state index in [4.69, 9.17) is 11.6 Å². The number of halogens is 1. The van der Waals surface area contributed by atoms with Gasteiger partial charge >= 0.3 is 0 Å². The molecule has 5 heteroatoms. The summed E-state index contributed by atoms with van der Waals surface area (Å²) in [6.07, 6.45) is 9.44. The van der Waals surface area contributed by atoms with Crippen LogP contribution in [0, 0.1) is 6.92 Å². The smallest absolute Gasteiger partial charge is 0.142 e. The highest BCUT2D eigenvalue weighted by Gasteiger charge is 2.22. The zero-order valence-corrected chi connectivity index (χ0v) is 19.4. The maximum atomic E-state index is 6.33. The maximum absolute atomic E-state index is 6.33. The Morgan fingerprint density at radius 1 is 1.32 bits per heavy atom. The molecule has 0 saturated carbocycles. The van der Waals surface area contributed by atoms with Crippen LogP contribution in [-0.4, -0.2) is 23.0 Å². The molecule has 1 aromatic carbocycles. The average Bonchev–Trinajstić information content (AvgIpc) is 2.74. The third kappa shape index (κ3) is 4.64. The quantitative estimate of drug-likeness (QED) is 0.506. The van der Waals surface area contributed by atoms with Gasteiger partial charge in [0.15, 0.2) is 0 Å². The van der Waals surface area contributed by atoms with Crippen LogP contribution in [0.1, 0.15) is 61.3 Å². The van der Waals surface area contributed by atoms with Crippen LogP contribution >= 0.6 is 11.6 Å². The van der Waals surface area contributed by atoms with E-state index in [0.717, 1.165) is 47.8 Å². The molecule has 0 bridgehead atoms. The summed E-state index contributed by atoms with van der Waals surface area (Å²) in [5.41, 5.74) is 8.16. The van der Waals surface area contributed by atoms with Gasteiger partial charge in [-0.15, -0.1) is 0 Å². The molecule has 2 aromatic rings. The molecule has 162 valence electrons. The maximum Gasteiger partial charge on any atom is 0.142 e. The Bertz CT molecular complexity index is 1050. The van der Waals surface area contributed by atoms with Crippen LogP contribution in [0.4, 0.5) is 11.5 Å². The normalized spacial score (nSPS) is 17.4. The number of anilines is 2. The molecule has 2 N–H and O–H groups in total. The Labute approximate surface area is 190 Å². The van der Waals surface area contributed by atoms with Crippen LogP contribution in [0.25, 0.3) is 11.8 Å². The SMILES string of the molecule is C=C(C)N1CCC(c2ccc(Nc3nc(Cl)cc4c3C(=CCC)NC=C4)cc2C)CC1. The lowest BCUT2D eigenvalue weighted by atomic mass is 9.86. The van der Waals surface area contributed by atoms with Gasteiger partial charge in [-0.25, -0.2) is 4.98 Å². The molecule has 0 aliphatic carbocycles. The number of pyridine rings is 1. The number of fused-ring (bicyclic) bond motifs is 1. The number of benzene rings is 1. The van der Waals surface area contributed by atoms with Gasteiger partial charge in [0.1, 0.15) is 11.0 Å². The molecule has 31 heavy (non-hydrogen) atoms. The van der Waals surface area contributed by atoms with Crippen LogP contribution in [0.15, 0.2) is 48.8 Å². The van der Waals surface area contributed by atoms with Gasteiger partial charge in [-0.05, 0) is 80.0 Å². The number of aromatic nitrogens is 1. The summed E-state index contributed by atoms with van der Waals surface area (Å²) < 4.78 is 0. The van der Waals surface area contributed by atoms with E-state index in [-0.39, 0.29) is 0 Å². The van der Waals surface area contributed by atoms with Crippen molar-refractivity contribution in [2.75, 3.05) is 18.4 Å². The summed E-state index contributed by atoms with van der Waals surface area (Å²) in [5.74, 6) is 1.39. The molecule has 1 aromatic heterocycles. The summed E-state index contributed by atoms with van der Waals surface area (Å²) in [5, 5.41) is 7.36. The molecule has 4 rings (SSSR count). The first-order valence-electron chi connectivity index (χ1n) is 11.1. The first kappa shape index (κ1) is 21.5. The van der Waals surface area contributed by atoms with E-state index in [0.29, 0.717) is 11.1 Å². The predicted molar refractivity (Wildman–Crippen MR) is 133 cm³/mol. The molecule has 1 fully saturated rings. The van der Waals surface area contributed by atoms with Crippen LogP contribution in [0.2, 0.25) is 5.15 Å². The molecule has 3 heterocycles. The molecule has 4 nitrogen and oxygen atoms in total. The molecule has 0 unspecified atom stereocenters. The molecule has 0 amide bonds. The number of allylic oxidation sites excluding steroid dienone is 2. The Kier molecular flexibility index (Phi) is 6.38. The van der Waals surface area contributed by atoms with E-state index in [1.54, 1.807) is 0 Å². The minimum absolute atomic E-state index is 0.487. The van der Waals surface area contributed by atoms with Gasteiger partial charge in [0.25, 0.3) is 0 Å². The van der Waals surface area contributed by atoms with E-state index in [1.165, 1.54) is 29.7 Å². The van der Waals surface area contributed by atoms with Crippen LogP contribution in [0.3, 0.4) is 0 Å². The number of nitrogens with one attached hydrogen (secondary N) is 2. The Balaban J connectivity index is 1.58. The summed E-state index contributed by atoms with van der Waals surface area (Å²) >= 11 is 6.33. The Morgan fingerprint density at radius 2 is 2.10 bits per heavy atom. The highest BCUT2D eigenvalue weighted by atomic mass is 35.5. The second kappa shape index (κ2) is 9.19. The monoisotopic (exact) mass is 434 g/mol. The topological polar surface area (TPSA) is 40.2 Å². The lowest BCUT2D eigenvalue weighted by Gasteiger charge is -2.34. The first-order valence-corrected chi connectivity index (χ1v) is 11.5. The summed E-state index contributed by atoms with van der Waals surface area (Å²) in [6.45, 7) is 12.7. The number of likely N-dealkylation sites (tertiary alicyclic amines) is 1. The number of rotatable bonds is 5. The van der Waals surface area contributed by atoms with E-state index < -0.39 is 0 Å². The van der Waals surface area contributed by atoms with Crippen LogP contribution in [-0.2, 0) is 0 Å². The zero-order valence-electron chi connectivity index (χ0n) is 18.6. The van der Waals surface area contributed by atoms with Crippen molar-refractivity contribution in [1.82, 2.24) is 15.2 Å². The average molecular weight is 435 g/mol. The number of nitrogens with zero attached hydrogens (tertiary/aromatic N) is 2.